The first-order chi connectivity index (χ1) is 10.7. The fourth-order valence-electron chi connectivity index (χ4n) is 2.46. The Kier molecular flexibility index (Phi) is 7.50. The minimum absolute atomic E-state index is 0.141. The molecule has 0 aromatic rings. The average molecular weight is 318 g/mol. The standard InChI is InChI=1S/C20H30O3/c1-6-20(5,22)12-8-10-16(4)9-7-11-17-14-19(21)23-18(17)13-15(2)3/h6,10-11,13,18,22H,1,7-9,12,14H2,2-5H3. The van der Waals surface area contributed by atoms with Crippen LogP contribution in [0.3, 0.4) is 0 Å². The lowest BCUT2D eigenvalue weighted by atomic mass is 9.98. The Hall–Kier alpha value is -1.61. The molecule has 0 aliphatic carbocycles. The van der Waals surface area contributed by atoms with Crippen molar-refractivity contribution < 1.29 is 14.6 Å². The zero-order valence-corrected chi connectivity index (χ0v) is 14.9. The maximum Gasteiger partial charge on any atom is 0.310 e. The molecule has 128 valence electrons. The number of hydrogen-bond donors (Lipinski definition) is 1. The summed E-state index contributed by atoms with van der Waals surface area (Å²) in [5.41, 5.74) is 2.72. The van der Waals surface area contributed by atoms with E-state index in [1.54, 1.807) is 13.0 Å². The minimum Gasteiger partial charge on any atom is -0.453 e. The van der Waals surface area contributed by atoms with Crippen molar-refractivity contribution in [2.45, 2.75) is 71.5 Å². The van der Waals surface area contributed by atoms with Crippen LogP contribution in [-0.4, -0.2) is 22.8 Å². The molecule has 1 saturated heterocycles. The van der Waals surface area contributed by atoms with Gasteiger partial charge in [0.15, 0.2) is 0 Å². The summed E-state index contributed by atoms with van der Waals surface area (Å²) in [6.07, 6.45) is 11.5. The molecule has 1 N–H and O–H groups in total. The second-order valence-corrected chi connectivity index (χ2v) is 6.80. The summed E-state index contributed by atoms with van der Waals surface area (Å²) in [7, 11) is 0. The fourth-order valence-corrected chi connectivity index (χ4v) is 2.46. The topological polar surface area (TPSA) is 46.5 Å². The van der Waals surface area contributed by atoms with Crippen LogP contribution in [0.25, 0.3) is 0 Å². The normalized spacial score (nSPS) is 22.7. The van der Waals surface area contributed by atoms with Crippen molar-refractivity contribution in [1.82, 2.24) is 0 Å². The van der Waals surface area contributed by atoms with Gasteiger partial charge in [0.1, 0.15) is 6.10 Å². The molecule has 3 nitrogen and oxygen atoms in total. The quantitative estimate of drug-likeness (QED) is 0.524. The number of ether oxygens (including phenoxy) is 1. The van der Waals surface area contributed by atoms with Crippen LogP contribution in [0.2, 0.25) is 0 Å². The van der Waals surface area contributed by atoms with Crippen molar-refractivity contribution in [3.05, 3.63) is 47.6 Å². The molecule has 3 heteroatoms. The lowest BCUT2D eigenvalue weighted by molar-refractivity contribution is -0.139. The number of allylic oxidation sites excluding steroid dienone is 4. The van der Waals surface area contributed by atoms with Gasteiger partial charge in [-0.15, -0.1) is 6.58 Å². The third-order valence-corrected chi connectivity index (χ3v) is 3.99. The van der Waals surface area contributed by atoms with E-state index in [4.69, 9.17) is 4.74 Å². The molecule has 0 aromatic heterocycles. The highest BCUT2D eigenvalue weighted by molar-refractivity contribution is 5.77. The second kappa shape index (κ2) is 8.88. The molecular formula is C20H30O3. The van der Waals surface area contributed by atoms with Crippen LogP contribution in [-0.2, 0) is 9.53 Å². The third-order valence-electron chi connectivity index (χ3n) is 3.99. The second-order valence-electron chi connectivity index (χ2n) is 6.80. The summed E-state index contributed by atoms with van der Waals surface area (Å²) in [5.74, 6) is -0.141. The summed E-state index contributed by atoms with van der Waals surface area (Å²) in [6.45, 7) is 11.5. The van der Waals surface area contributed by atoms with E-state index in [0.717, 1.165) is 30.4 Å². The fraction of sp³-hybridized carbons (Fsp3) is 0.550. The molecule has 0 radical (unpaired) electrons. The van der Waals surface area contributed by atoms with E-state index >= 15 is 0 Å². The molecule has 0 spiro atoms. The number of carbonyl (C=O) groups excluding carboxylic acids is 1. The highest BCUT2D eigenvalue weighted by atomic mass is 16.5. The van der Waals surface area contributed by atoms with Gasteiger partial charge in [0.05, 0.1) is 12.0 Å². The summed E-state index contributed by atoms with van der Waals surface area (Å²) >= 11 is 0. The number of rotatable bonds is 8. The number of hydrogen-bond acceptors (Lipinski definition) is 3. The highest BCUT2D eigenvalue weighted by Crippen LogP contribution is 2.24. The summed E-state index contributed by atoms with van der Waals surface area (Å²) in [5, 5.41) is 9.87. The number of cyclic esters (lactones) is 1. The zero-order valence-electron chi connectivity index (χ0n) is 14.9. The number of aliphatic hydroxyl groups is 1. The Bertz CT molecular complexity index is 517. The van der Waals surface area contributed by atoms with Gasteiger partial charge < -0.3 is 9.84 Å². The van der Waals surface area contributed by atoms with Gasteiger partial charge in [-0.05, 0) is 65.0 Å². The molecule has 0 bridgehead atoms. The largest absolute Gasteiger partial charge is 0.453 e. The SMILES string of the molecule is C=CC(C)(O)CCC=C(C)CCC=C1CC(=O)OC1C=C(C)C. The Balaban J connectivity index is 2.49. The maximum absolute atomic E-state index is 11.5. The molecule has 23 heavy (non-hydrogen) atoms. The van der Waals surface area contributed by atoms with Crippen molar-refractivity contribution in [3.63, 3.8) is 0 Å². The monoisotopic (exact) mass is 318 g/mol. The number of carbonyl (C=O) groups is 1. The average Bonchev–Trinajstić information content (AvgIpc) is 2.78. The van der Waals surface area contributed by atoms with Crippen LogP contribution >= 0.6 is 0 Å². The Morgan fingerprint density at radius 1 is 1.39 bits per heavy atom. The van der Waals surface area contributed by atoms with E-state index in [0.29, 0.717) is 12.8 Å². The molecule has 1 aliphatic heterocycles. The van der Waals surface area contributed by atoms with E-state index in [2.05, 4.69) is 25.7 Å². The maximum atomic E-state index is 11.5. The van der Waals surface area contributed by atoms with Gasteiger partial charge >= 0.3 is 5.97 Å². The summed E-state index contributed by atoms with van der Waals surface area (Å²) < 4.78 is 5.32. The first-order valence-electron chi connectivity index (χ1n) is 8.28. The molecule has 1 heterocycles. The summed E-state index contributed by atoms with van der Waals surface area (Å²) in [6, 6.07) is 0. The van der Waals surface area contributed by atoms with Crippen LogP contribution in [0.1, 0.15) is 59.8 Å². The van der Waals surface area contributed by atoms with Gasteiger partial charge in [-0.3, -0.25) is 4.79 Å². The van der Waals surface area contributed by atoms with Crippen LogP contribution in [0.4, 0.5) is 0 Å². The van der Waals surface area contributed by atoms with Gasteiger partial charge in [0, 0.05) is 0 Å². The molecule has 2 atom stereocenters. The van der Waals surface area contributed by atoms with Crippen molar-refractivity contribution in [2.75, 3.05) is 0 Å². The molecule has 1 fully saturated rings. The Morgan fingerprint density at radius 2 is 2.09 bits per heavy atom. The third kappa shape index (κ3) is 7.47. The van der Waals surface area contributed by atoms with E-state index in [-0.39, 0.29) is 12.1 Å². The molecule has 1 rings (SSSR count). The van der Waals surface area contributed by atoms with Crippen LogP contribution in [0, 0.1) is 0 Å². The predicted molar refractivity (Wildman–Crippen MR) is 95.1 cm³/mol. The molecule has 0 aromatic carbocycles. The van der Waals surface area contributed by atoms with Crippen molar-refractivity contribution in [3.8, 4) is 0 Å². The lowest BCUT2D eigenvalue weighted by Crippen LogP contribution is -2.19. The van der Waals surface area contributed by atoms with E-state index in [9.17, 15) is 9.90 Å². The predicted octanol–water partition coefficient (Wildman–Crippen LogP) is 4.64. The summed E-state index contributed by atoms with van der Waals surface area (Å²) in [4.78, 5) is 11.5. The molecule has 2 unspecified atom stereocenters. The Labute approximate surface area is 140 Å². The first kappa shape index (κ1) is 19.4. The van der Waals surface area contributed by atoms with Crippen molar-refractivity contribution >= 4 is 5.97 Å². The van der Waals surface area contributed by atoms with Crippen molar-refractivity contribution in [2.24, 2.45) is 0 Å². The lowest BCUT2D eigenvalue weighted by Gasteiger charge is -2.16. The van der Waals surface area contributed by atoms with Crippen LogP contribution in [0.5, 0.6) is 0 Å². The van der Waals surface area contributed by atoms with Gasteiger partial charge in [0.25, 0.3) is 0 Å². The van der Waals surface area contributed by atoms with Gasteiger partial charge in [-0.2, -0.15) is 0 Å². The minimum atomic E-state index is -0.794. The highest BCUT2D eigenvalue weighted by Gasteiger charge is 2.26. The molecule has 0 saturated carbocycles. The van der Waals surface area contributed by atoms with Gasteiger partial charge in [-0.1, -0.05) is 29.4 Å². The Morgan fingerprint density at radius 3 is 2.70 bits per heavy atom. The van der Waals surface area contributed by atoms with Crippen LogP contribution < -0.4 is 0 Å². The van der Waals surface area contributed by atoms with Crippen molar-refractivity contribution in [1.29, 1.82) is 0 Å². The smallest absolute Gasteiger partial charge is 0.310 e. The molecule has 0 amide bonds. The van der Waals surface area contributed by atoms with E-state index in [1.807, 2.05) is 19.9 Å². The molecular weight excluding hydrogens is 288 g/mol. The zero-order chi connectivity index (χ0) is 17.5. The van der Waals surface area contributed by atoms with Crippen LogP contribution in [0.15, 0.2) is 47.6 Å². The van der Waals surface area contributed by atoms with E-state index in [1.165, 1.54) is 5.57 Å². The van der Waals surface area contributed by atoms with E-state index < -0.39 is 5.60 Å². The van der Waals surface area contributed by atoms with Gasteiger partial charge in [0.2, 0.25) is 0 Å². The molecule has 1 aliphatic rings. The first-order valence-corrected chi connectivity index (χ1v) is 8.28. The number of esters is 1. The van der Waals surface area contributed by atoms with Gasteiger partial charge in [-0.25, -0.2) is 0 Å².